The van der Waals surface area contributed by atoms with E-state index in [4.69, 9.17) is 15.2 Å². The number of rotatable bonds is 5. The van der Waals surface area contributed by atoms with Crippen molar-refractivity contribution in [3.63, 3.8) is 0 Å². The lowest BCUT2D eigenvalue weighted by Gasteiger charge is -2.28. The average molecular weight is 400 g/mol. The standard InChI is InChI=1S/C21H25N3O3S/c1-3-26-21(25)18-14(2)27-20(23)17(12-22)19(18)16-6-4-5-15(11-16)13-24-7-9-28-10-8-24/h4-6,11,19H,3,7-10,13,23H2,1-2H3. The molecule has 2 aliphatic heterocycles. The molecule has 0 aliphatic carbocycles. The van der Waals surface area contributed by atoms with E-state index in [1.807, 2.05) is 23.9 Å². The van der Waals surface area contributed by atoms with Crippen LogP contribution in [0.3, 0.4) is 0 Å². The number of benzene rings is 1. The SMILES string of the molecule is CCOC(=O)C1=C(C)OC(N)=C(C#N)C1c1cccc(CN2CCSCC2)c1. The Morgan fingerprint density at radius 3 is 2.86 bits per heavy atom. The van der Waals surface area contributed by atoms with E-state index in [1.165, 1.54) is 0 Å². The maximum absolute atomic E-state index is 12.6. The molecule has 1 fully saturated rings. The zero-order valence-electron chi connectivity index (χ0n) is 16.2. The second-order valence-corrected chi connectivity index (χ2v) is 7.97. The number of nitrogens with zero attached hydrogens (tertiary/aromatic N) is 2. The van der Waals surface area contributed by atoms with Crippen LogP contribution in [0, 0.1) is 11.3 Å². The van der Waals surface area contributed by atoms with Crippen molar-refractivity contribution < 1.29 is 14.3 Å². The molecule has 2 aliphatic rings. The largest absolute Gasteiger partial charge is 0.463 e. The van der Waals surface area contributed by atoms with Crippen molar-refractivity contribution in [3.05, 3.63) is 58.2 Å². The van der Waals surface area contributed by atoms with Gasteiger partial charge in [0.25, 0.3) is 0 Å². The lowest BCUT2D eigenvalue weighted by molar-refractivity contribution is -0.139. The minimum atomic E-state index is -0.588. The molecule has 0 saturated carbocycles. The van der Waals surface area contributed by atoms with Crippen molar-refractivity contribution in [1.82, 2.24) is 4.90 Å². The van der Waals surface area contributed by atoms with Crippen molar-refractivity contribution in [2.24, 2.45) is 5.73 Å². The van der Waals surface area contributed by atoms with E-state index in [9.17, 15) is 10.1 Å². The summed E-state index contributed by atoms with van der Waals surface area (Å²) in [5, 5.41) is 9.69. The van der Waals surface area contributed by atoms with Gasteiger partial charge < -0.3 is 15.2 Å². The molecule has 28 heavy (non-hydrogen) atoms. The first kappa shape index (κ1) is 20.3. The molecule has 1 saturated heterocycles. The van der Waals surface area contributed by atoms with Crippen LogP contribution in [0.2, 0.25) is 0 Å². The van der Waals surface area contributed by atoms with Crippen LogP contribution < -0.4 is 5.73 Å². The Kier molecular flexibility index (Phi) is 6.65. The van der Waals surface area contributed by atoms with Crippen LogP contribution >= 0.6 is 11.8 Å². The van der Waals surface area contributed by atoms with E-state index in [-0.39, 0.29) is 18.1 Å². The lowest BCUT2D eigenvalue weighted by Crippen LogP contribution is -2.32. The van der Waals surface area contributed by atoms with Gasteiger partial charge in [-0.15, -0.1) is 0 Å². The third kappa shape index (κ3) is 4.34. The maximum Gasteiger partial charge on any atom is 0.338 e. The number of nitrogens with two attached hydrogens (primary N) is 1. The van der Waals surface area contributed by atoms with E-state index in [2.05, 4.69) is 23.1 Å². The van der Waals surface area contributed by atoms with Crippen LogP contribution in [0.1, 0.15) is 30.9 Å². The molecular formula is C21H25N3O3S. The highest BCUT2D eigenvalue weighted by Gasteiger charge is 2.36. The molecule has 148 valence electrons. The molecule has 1 atom stereocenters. The van der Waals surface area contributed by atoms with E-state index < -0.39 is 11.9 Å². The molecule has 1 aromatic carbocycles. The summed E-state index contributed by atoms with van der Waals surface area (Å²) in [6, 6.07) is 10.1. The molecule has 2 N–H and O–H groups in total. The number of hydrogen-bond acceptors (Lipinski definition) is 7. The number of carbonyl (C=O) groups is 1. The highest BCUT2D eigenvalue weighted by molar-refractivity contribution is 7.99. The number of ether oxygens (including phenoxy) is 2. The Morgan fingerprint density at radius 1 is 1.43 bits per heavy atom. The molecule has 2 heterocycles. The van der Waals surface area contributed by atoms with Crippen LogP contribution in [-0.2, 0) is 20.8 Å². The Bertz CT molecular complexity index is 851. The minimum Gasteiger partial charge on any atom is -0.463 e. The third-order valence-electron chi connectivity index (χ3n) is 4.90. The lowest BCUT2D eigenvalue weighted by atomic mass is 9.82. The fourth-order valence-electron chi connectivity index (χ4n) is 3.58. The zero-order chi connectivity index (χ0) is 20.1. The smallest absolute Gasteiger partial charge is 0.338 e. The van der Waals surface area contributed by atoms with Crippen molar-refractivity contribution in [1.29, 1.82) is 5.26 Å². The van der Waals surface area contributed by atoms with Crippen LogP contribution in [0.15, 0.2) is 47.1 Å². The van der Waals surface area contributed by atoms with Gasteiger partial charge in [0.15, 0.2) is 0 Å². The molecule has 1 unspecified atom stereocenters. The van der Waals surface area contributed by atoms with Gasteiger partial charge in [-0.3, -0.25) is 4.90 Å². The highest BCUT2D eigenvalue weighted by Crippen LogP contribution is 2.39. The van der Waals surface area contributed by atoms with Gasteiger partial charge in [0.2, 0.25) is 5.88 Å². The third-order valence-corrected chi connectivity index (χ3v) is 5.84. The monoisotopic (exact) mass is 399 g/mol. The van der Waals surface area contributed by atoms with Crippen LogP contribution in [0.25, 0.3) is 0 Å². The fraction of sp³-hybridized carbons (Fsp3) is 0.429. The molecule has 0 spiro atoms. The summed E-state index contributed by atoms with van der Waals surface area (Å²) >= 11 is 1.98. The van der Waals surface area contributed by atoms with E-state index in [0.717, 1.165) is 42.3 Å². The Balaban J connectivity index is 1.97. The van der Waals surface area contributed by atoms with E-state index in [0.29, 0.717) is 11.3 Å². The Morgan fingerprint density at radius 2 is 2.18 bits per heavy atom. The quantitative estimate of drug-likeness (QED) is 0.762. The average Bonchev–Trinajstić information content (AvgIpc) is 2.68. The zero-order valence-corrected chi connectivity index (χ0v) is 17.1. The first-order chi connectivity index (χ1) is 13.5. The summed E-state index contributed by atoms with van der Waals surface area (Å²) in [5.41, 5.74) is 8.53. The number of allylic oxidation sites excluding steroid dienone is 2. The molecule has 6 nitrogen and oxygen atoms in total. The van der Waals surface area contributed by atoms with Gasteiger partial charge in [0.05, 0.1) is 18.1 Å². The van der Waals surface area contributed by atoms with Crippen LogP contribution in [-0.4, -0.2) is 42.1 Å². The molecule has 0 aromatic heterocycles. The topological polar surface area (TPSA) is 88.6 Å². The normalized spacial score (nSPS) is 20.5. The van der Waals surface area contributed by atoms with Gasteiger partial charge in [0.1, 0.15) is 17.4 Å². The number of nitriles is 1. The van der Waals surface area contributed by atoms with Crippen molar-refractivity contribution in [2.45, 2.75) is 26.3 Å². The molecule has 0 bridgehead atoms. The van der Waals surface area contributed by atoms with Crippen LogP contribution in [0.4, 0.5) is 0 Å². The van der Waals surface area contributed by atoms with Crippen molar-refractivity contribution >= 4 is 17.7 Å². The second kappa shape index (κ2) is 9.18. The summed E-state index contributed by atoms with van der Waals surface area (Å²) < 4.78 is 10.7. The number of thioether (sulfide) groups is 1. The van der Waals surface area contributed by atoms with E-state index >= 15 is 0 Å². The number of carbonyl (C=O) groups excluding carboxylic acids is 1. The molecule has 7 heteroatoms. The predicted molar refractivity (Wildman–Crippen MR) is 109 cm³/mol. The Hall–Kier alpha value is -2.43. The van der Waals surface area contributed by atoms with Crippen LogP contribution in [0.5, 0.6) is 0 Å². The van der Waals surface area contributed by atoms with Gasteiger partial charge in [0, 0.05) is 31.1 Å². The summed E-state index contributed by atoms with van der Waals surface area (Å²) in [4.78, 5) is 15.0. The molecule has 0 radical (unpaired) electrons. The first-order valence-electron chi connectivity index (χ1n) is 9.39. The molecular weight excluding hydrogens is 374 g/mol. The predicted octanol–water partition coefficient (Wildman–Crippen LogP) is 2.88. The van der Waals surface area contributed by atoms with Gasteiger partial charge in [-0.25, -0.2) is 4.79 Å². The van der Waals surface area contributed by atoms with E-state index in [1.54, 1.807) is 13.8 Å². The summed E-state index contributed by atoms with van der Waals surface area (Å²) in [6.07, 6.45) is 0. The minimum absolute atomic E-state index is 0.0384. The molecule has 0 amide bonds. The molecule has 3 rings (SSSR count). The molecule has 1 aromatic rings. The number of hydrogen-bond donors (Lipinski definition) is 1. The summed E-state index contributed by atoms with van der Waals surface area (Å²) in [5.74, 6) is 1.63. The van der Waals surface area contributed by atoms with Gasteiger partial charge in [-0.05, 0) is 25.0 Å². The first-order valence-corrected chi connectivity index (χ1v) is 10.5. The summed E-state index contributed by atoms with van der Waals surface area (Å²) in [6.45, 7) is 6.65. The highest BCUT2D eigenvalue weighted by atomic mass is 32.2. The fourth-order valence-corrected chi connectivity index (χ4v) is 4.56. The van der Waals surface area contributed by atoms with Gasteiger partial charge in [-0.2, -0.15) is 17.0 Å². The Labute approximate surface area is 170 Å². The summed E-state index contributed by atoms with van der Waals surface area (Å²) in [7, 11) is 0. The maximum atomic E-state index is 12.6. The van der Waals surface area contributed by atoms with Gasteiger partial charge >= 0.3 is 5.97 Å². The van der Waals surface area contributed by atoms with Crippen molar-refractivity contribution in [3.8, 4) is 6.07 Å². The second-order valence-electron chi connectivity index (χ2n) is 6.75. The van der Waals surface area contributed by atoms with Crippen molar-refractivity contribution in [2.75, 3.05) is 31.2 Å². The van der Waals surface area contributed by atoms with Gasteiger partial charge in [-0.1, -0.05) is 24.3 Å². The number of esters is 1.